The fourth-order valence-electron chi connectivity index (χ4n) is 6.84. The van der Waals surface area contributed by atoms with E-state index >= 15 is 35.1 Å². The third kappa shape index (κ3) is 6.91. The number of rotatable bonds is 7. The molecule has 5 aromatic carbocycles. The number of halogens is 20. The van der Waals surface area contributed by atoms with Crippen molar-refractivity contribution in [2.24, 2.45) is 0 Å². The molecule has 5 aromatic rings. The highest BCUT2D eigenvalue weighted by Crippen LogP contribution is 2.30. The number of quaternary nitrogens is 1. The molecule has 0 heterocycles. The van der Waals surface area contributed by atoms with Gasteiger partial charge in [-0.15, -0.1) is 21.9 Å². The Balaban J connectivity index is 0.000000486. The lowest BCUT2D eigenvalue weighted by molar-refractivity contribution is -0.878. The second-order valence-corrected chi connectivity index (χ2v) is 12.9. The predicted molar refractivity (Wildman–Crippen MR) is 167 cm³/mol. The number of hydrogen-bond acceptors (Lipinski definition) is 0. The molecule has 0 saturated heterocycles. The summed E-state index contributed by atoms with van der Waals surface area (Å²) in [5.74, 6) is -71.4. The Morgan fingerprint density at radius 3 is 0.638 bits per heavy atom. The maximum Gasteiger partial charge on any atom is 0.200 e. The van der Waals surface area contributed by atoms with Gasteiger partial charge in [-0.2, -0.15) is 0 Å². The lowest BCUT2D eigenvalue weighted by atomic mass is 9.12. The van der Waals surface area contributed by atoms with Crippen LogP contribution in [-0.2, 0) is 0 Å². The summed E-state index contributed by atoms with van der Waals surface area (Å²) in [4.78, 5) is 1.56. The van der Waals surface area contributed by atoms with Crippen LogP contribution in [0.2, 0.25) is 0 Å². The molecule has 0 aliphatic carbocycles. The van der Waals surface area contributed by atoms with Gasteiger partial charge in [0.15, 0.2) is 69.8 Å². The minimum absolute atomic E-state index is 0.641. The van der Waals surface area contributed by atoms with Crippen LogP contribution in [0.4, 0.5) is 93.5 Å². The fraction of sp³-hybridized carbons (Fsp3) is 0.167. The highest BCUT2D eigenvalue weighted by molar-refractivity contribution is 7.20. The van der Waals surface area contributed by atoms with Crippen molar-refractivity contribution in [3.63, 3.8) is 0 Å². The summed E-state index contributed by atoms with van der Waals surface area (Å²) in [6.45, 7) is 9.06. The molecule has 0 saturated carbocycles. The largest absolute Gasteiger partial charge is 0.299 e. The zero-order valence-electron chi connectivity index (χ0n) is 29.2. The summed E-state index contributed by atoms with van der Waals surface area (Å²) < 4.78 is 294. The summed E-state index contributed by atoms with van der Waals surface area (Å²) in [6, 6.07) is 12.0. The lowest BCUT2D eigenvalue weighted by Gasteiger charge is -2.44. The van der Waals surface area contributed by atoms with Crippen molar-refractivity contribution in [2.45, 2.75) is 39.8 Å². The van der Waals surface area contributed by atoms with E-state index in [1.807, 2.05) is 0 Å². The molecule has 0 bridgehead atoms. The molecule has 312 valence electrons. The van der Waals surface area contributed by atoms with E-state index in [1.54, 1.807) is 4.90 Å². The second kappa shape index (κ2) is 16.5. The maximum absolute atomic E-state index is 15.4. The summed E-state index contributed by atoms with van der Waals surface area (Å²) >= 11 is 0. The SMILES string of the molecule is CC(C)[NH+](c1ccccc1)C(C)C.Fc1c(F)c(F)c([B-](c2c(F)c(F)c(F)c(F)c2F)(c2c(F)c(F)c(F)c(F)c2F)c2c(F)c(F)c(F)c(F)c2F)c(F)c1F. The molecule has 22 heteroatoms. The standard InChI is InChI=1S/C24BF20.C12H19N/c26-5-1(6(27)14(35)21(42)13(5)34)25(2-7(28)15(36)22(43)16(37)8(2)29,3-9(30)17(38)23(44)18(39)10(3)31)4-11(32)19(40)24(45)20(41)12(4)33;1-10(2)13(11(3)4)12-8-6-5-7-9-12/h;5-11H,1-4H3/q-1;/p+1. The highest BCUT2D eigenvalue weighted by atomic mass is 19.2. The first-order valence-electron chi connectivity index (χ1n) is 16.0. The van der Waals surface area contributed by atoms with E-state index in [-0.39, 0.29) is 0 Å². The first-order chi connectivity index (χ1) is 26.8. The van der Waals surface area contributed by atoms with Crippen LogP contribution in [0, 0.1) is 116 Å². The van der Waals surface area contributed by atoms with Crippen LogP contribution < -0.4 is 26.8 Å². The van der Waals surface area contributed by atoms with Crippen LogP contribution in [0.5, 0.6) is 0 Å². The van der Waals surface area contributed by atoms with Gasteiger partial charge in [0.2, 0.25) is 0 Å². The molecule has 0 amide bonds. The second-order valence-electron chi connectivity index (χ2n) is 12.9. The van der Waals surface area contributed by atoms with Crippen molar-refractivity contribution < 1.29 is 92.7 Å². The summed E-state index contributed by atoms with van der Waals surface area (Å²) in [7, 11) is 0. The van der Waals surface area contributed by atoms with E-state index in [9.17, 15) is 52.7 Å². The van der Waals surface area contributed by atoms with Gasteiger partial charge < -0.3 is 0 Å². The summed E-state index contributed by atoms with van der Waals surface area (Å²) in [5, 5.41) is 0. The smallest absolute Gasteiger partial charge is 0.200 e. The Bertz CT molecular complexity index is 2030. The monoisotopic (exact) mass is 857 g/mol. The number of hydrogen-bond donors (Lipinski definition) is 1. The van der Waals surface area contributed by atoms with Crippen molar-refractivity contribution in [3.05, 3.63) is 147 Å². The van der Waals surface area contributed by atoms with E-state index in [1.165, 1.54) is 5.69 Å². The quantitative estimate of drug-likeness (QED) is 0.0737. The van der Waals surface area contributed by atoms with Crippen molar-refractivity contribution >= 4 is 33.7 Å². The molecule has 5 rings (SSSR count). The maximum atomic E-state index is 15.4. The summed E-state index contributed by atoms with van der Waals surface area (Å²) in [5.41, 5.74) is -12.9. The van der Waals surface area contributed by atoms with Gasteiger partial charge in [-0.3, -0.25) is 4.90 Å². The Hall–Kier alpha value is -5.28. The van der Waals surface area contributed by atoms with Crippen LogP contribution in [0.1, 0.15) is 27.7 Å². The molecule has 0 aliphatic rings. The average Bonchev–Trinajstić information content (AvgIpc) is 3.18. The van der Waals surface area contributed by atoms with Gasteiger partial charge in [0.1, 0.15) is 58.4 Å². The first kappa shape index (κ1) is 45.4. The Labute approximate surface area is 313 Å². The van der Waals surface area contributed by atoms with Gasteiger partial charge in [0, 0.05) is 0 Å². The molecule has 1 N–H and O–H groups in total. The van der Waals surface area contributed by atoms with E-state index in [0.717, 1.165) is 0 Å². The van der Waals surface area contributed by atoms with E-state index in [2.05, 4.69) is 58.0 Å². The minimum Gasteiger partial charge on any atom is -0.299 e. The van der Waals surface area contributed by atoms with Gasteiger partial charge in [0.25, 0.3) is 0 Å². The van der Waals surface area contributed by atoms with E-state index in [0.29, 0.717) is 12.1 Å². The Morgan fingerprint density at radius 1 is 0.293 bits per heavy atom. The van der Waals surface area contributed by atoms with Crippen LogP contribution in [-0.4, -0.2) is 18.2 Å². The zero-order valence-corrected chi connectivity index (χ0v) is 29.2. The molecule has 0 aliphatic heterocycles. The molecule has 58 heavy (non-hydrogen) atoms. The molecule has 0 unspecified atom stereocenters. The third-order valence-electron chi connectivity index (χ3n) is 9.06. The van der Waals surface area contributed by atoms with Crippen LogP contribution >= 0.6 is 0 Å². The van der Waals surface area contributed by atoms with Gasteiger partial charge in [0.05, 0.1) is 12.1 Å². The summed E-state index contributed by atoms with van der Waals surface area (Å²) in [6.07, 6.45) is -7.22. The third-order valence-corrected chi connectivity index (χ3v) is 9.06. The van der Waals surface area contributed by atoms with Crippen LogP contribution in [0.25, 0.3) is 0 Å². The van der Waals surface area contributed by atoms with Crippen molar-refractivity contribution in [1.82, 2.24) is 0 Å². The lowest BCUT2D eigenvalue weighted by Crippen LogP contribution is -3.13. The minimum atomic E-state index is -7.22. The normalized spacial score (nSPS) is 11.9. The van der Waals surface area contributed by atoms with E-state index < -0.39 is 144 Å². The van der Waals surface area contributed by atoms with Crippen LogP contribution in [0.3, 0.4) is 0 Å². The van der Waals surface area contributed by atoms with Gasteiger partial charge in [-0.25, -0.2) is 87.8 Å². The molecule has 0 spiro atoms. The first-order valence-corrected chi connectivity index (χ1v) is 16.0. The molecule has 0 aromatic heterocycles. The van der Waals surface area contributed by atoms with Gasteiger partial charge in [-0.1, -0.05) is 18.2 Å². The number of para-hydroxylation sites is 1. The number of nitrogens with one attached hydrogen (secondary N) is 1. The van der Waals surface area contributed by atoms with Gasteiger partial charge >= 0.3 is 0 Å². The van der Waals surface area contributed by atoms with Gasteiger partial charge in [-0.05, 0) is 39.8 Å². The van der Waals surface area contributed by atoms with E-state index in [4.69, 9.17) is 0 Å². The highest BCUT2D eigenvalue weighted by Gasteiger charge is 2.52. The van der Waals surface area contributed by atoms with Crippen LogP contribution in [0.15, 0.2) is 30.3 Å². The predicted octanol–water partition coefficient (Wildman–Crippen LogP) is 7.87. The topological polar surface area (TPSA) is 4.44 Å². The zero-order chi connectivity index (χ0) is 44.2. The molecule has 1 nitrogen and oxygen atoms in total. The number of benzene rings is 5. The Kier molecular flexibility index (Phi) is 12.9. The molecular formula is C36H20BF20N. The molecule has 0 fully saturated rings. The fourth-order valence-corrected chi connectivity index (χ4v) is 6.84. The molecular weight excluding hydrogens is 837 g/mol. The van der Waals surface area contributed by atoms with Crippen molar-refractivity contribution in [3.8, 4) is 0 Å². The average molecular weight is 857 g/mol. The Morgan fingerprint density at radius 2 is 0.466 bits per heavy atom. The van der Waals surface area contributed by atoms with Crippen molar-refractivity contribution in [2.75, 3.05) is 0 Å². The van der Waals surface area contributed by atoms with Crippen molar-refractivity contribution in [1.29, 1.82) is 0 Å². The molecule has 0 radical (unpaired) electrons. The molecule has 0 atom stereocenters.